The Morgan fingerprint density at radius 1 is 0.818 bits per heavy atom. The van der Waals surface area contributed by atoms with Gasteiger partial charge in [0.1, 0.15) is 48.5 Å². The van der Waals surface area contributed by atoms with Crippen molar-refractivity contribution in [2.45, 2.75) is 43.5 Å². The molecule has 1 saturated heterocycles. The summed E-state index contributed by atoms with van der Waals surface area (Å²) in [5.41, 5.74) is -0.0180. The van der Waals surface area contributed by atoms with Crippen molar-refractivity contribution in [2.24, 2.45) is 0 Å². The third-order valence-electron chi connectivity index (χ3n) is 6.21. The van der Waals surface area contributed by atoms with E-state index in [1.54, 1.807) is 0 Å². The Hall–Kier alpha value is -5.39. The van der Waals surface area contributed by atoms with Crippen LogP contribution >= 0.6 is 0 Å². The number of aliphatic hydroxyl groups excluding tert-OH is 2. The second-order valence-electron chi connectivity index (χ2n) is 9.44. The predicted octanol–water partition coefficient (Wildman–Crippen LogP) is 0.433. The summed E-state index contributed by atoms with van der Waals surface area (Å²) in [6, 6.07) is 6.77. The molecule has 17 heteroatoms. The topological polar surface area (TPSA) is 278 Å². The maximum Gasteiger partial charge on any atom is 0.402 e. The van der Waals surface area contributed by atoms with E-state index in [4.69, 9.17) is 33.6 Å². The molecule has 3 aromatic rings. The third-order valence-corrected chi connectivity index (χ3v) is 6.21. The molecule has 0 spiro atoms. The summed E-state index contributed by atoms with van der Waals surface area (Å²) >= 11 is 0. The second kappa shape index (κ2) is 12.9. The molecule has 2 aromatic carbocycles. The fraction of sp³-hybridized carbons (Fsp3) is 0.296. The van der Waals surface area contributed by atoms with Gasteiger partial charge in [-0.3, -0.25) is 19.2 Å². The predicted molar refractivity (Wildman–Crippen MR) is 139 cm³/mol. The molecule has 0 bridgehead atoms. The third kappa shape index (κ3) is 7.14. The van der Waals surface area contributed by atoms with E-state index in [9.17, 15) is 49.8 Å². The number of carbonyl (C=O) groups is 4. The molecule has 1 aliphatic rings. The minimum atomic E-state index is -2.04. The van der Waals surface area contributed by atoms with Crippen molar-refractivity contribution >= 4 is 34.8 Å². The molecule has 0 saturated carbocycles. The van der Waals surface area contributed by atoms with Crippen LogP contribution in [0.2, 0.25) is 0 Å². The average molecular weight is 621 g/mol. The van der Waals surface area contributed by atoms with Gasteiger partial charge in [-0.05, 0) is 12.1 Å². The number of carboxylic acids is 2. The van der Waals surface area contributed by atoms with Crippen LogP contribution in [0.15, 0.2) is 40.8 Å². The number of phenols is 4. The summed E-state index contributed by atoms with van der Waals surface area (Å²) in [6.45, 7) is -0.826. The summed E-state index contributed by atoms with van der Waals surface area (Å²) in [4.78, 5) is 45.7. The lowest BCUT2D eigenvalue weighted by molar-refractivity contribution is -0.282. The van der Waals surface area contributed by atoms with Crippen molar-refractivity contribution in [2.75, 3.05) is 6.61 Å². The average Bonchev–Trinajstić information content (AvgIpc) is 2.92. The zero-order valence-corrected chi connectivity index (χ0v) is 22.2. The lowest BCUT2D eigenvalue weighted by Crippen LogP contribution is -2.61. The lowest BCUT2D eigenvalue weighted by Gasteiger charge is -2.41. The number of aliphatic carboxylic acids is 2. The van der Waals surface area contributed by atoms with Crippen LogP contribution in [-0.2, 0) is 33.4 Å². The number of aromatic hydroxyl groups is 4. The molecule has 8 N–H and O–H groups in total. The van der Waals surface area contributed by atoms with Crippen LogP contribution in [0.4, 0.5) is 0 Å². The first-order valence-corrected chi connectivity index (χ1v) is 12.6. The maximum absolute atomic E-state index is 12.1. The molecule has 44 heavy (non-hydrogen) atoms. The zero-order chi connectivity index (χ0) is 32.3. The molecule has 17 nitrogen and oxygen atoms in total. The second-order valence-corrected chi connectivity index (χ2v) is 9.44. The summed E-state index contributed by atoms with van der Waals surface area (Å²) < 4.78 is 27.0. The molecular weight excluding hydrogens is 596 g/mol. The van der Waals surface area contributed by atoms with Crippen molar-refractivity contribution in [3.63, 3.8) is 0 Å². The largest absolute Gasteiger partial charge is 0.507 e. The number of esters is 2. The summed E-state index contributed by atoms with van der Waals surface area (Å²) in [7, 11) is 0. The minimum absolute atomic E-state index is 0.0292. The molecule has 0 radical (unpaired) electrons. The zero-order valence-electron chi connectivity index (χ0n) is 22.2. The fourth-order valence-electron chi connectivity index (χ4n) is 4.21. The quantitative estimate of drug-likeness (QED) is 0.0659. The number of ether oxygens (including phenoxy) is 4. The van der Waals surface area contributed by atoms with E-state index in [0.717, 1.165) is 24.3 Å². The highest BCUT2D eigenvalue weighted by Crippen LogP contribution is 2.42. The Bertz CT molecular complexity index is 1600. The normalized spacial score (nSPS) is 21.4. The number of carboxylic acid groups (broad SMARTS) is 2. The first-order chi connectivity index (χ1) is 20.7. The Morgan fingerprint density at radius 2 is 1.50 bits per heavy atom. The van der Waals surface area contributed by atoms with E-state index in [-0.39, 0.29) is 33.8 Å². The van der Waals surface area contributed by atoms with Crippen molar-refractivity contribution in [3.05, 3.63) is 36.4 Å². The van der Waals surface area contributed by atoms with E-state index >= 15 is 0 Å². The molecule has 1 aromatic heterocycles. The van der Waals surface area contributed by atoms with Crippen molar-refractivity contribution < 1.29 is 83.4 Å². The molecule has 1 aliphatic heterocycles. The first-order valence-electron chi connectivity index (χ1n) is 12.6. The Kier molecular flexibility index (Phi) is 9.22. The van der Waals surface area contributed by atoms with Crippen LogP contribution in [0.3, 0.4) is 0 Å². The van der Waals surface area contributed by atoms with Crippen LogP contribution in [0, 0.1) is 0 Å². The van der Waals surface area contributed by atoms with Gasteiger partial charge in [0.25, 0.3) is 0 Å². The number of carbonyl (C=O) groups excluding carboxylic acids is 2. The van der Waals surface area contributed by atoms with Crippen molar-refractivity contribution in [1.29, 1.82) is 0 Å². The van der Waals surface area contributed by atoms with Gasteiger partial charge in [-0.1, -0.05) is 0 Å². The maximum atomic E-state index is 12.1. The minimum Gasteiger partial charge on any atom is -0.507 e. The molecule has 0 amide bonds. The van der Waals surface area contributed by atoms with E-state index in [1.807, 2.05) is 0 Å². The highest BCUT2D eigenvalue weighted by molar-refractivity contribution is 5.91. The van der Waals surface area contributed by atoms with Gasteiger partial charge in [-0.2, -0.15) is 0 Å². The first kappa shape index (κ1) is 31.5. The van der Waals surface area contributed by atoms with E-state index in [0.29, 0.717) is 0 Å². The van der Waals surface area contributed by atoms with Gasteiger partial charge in [0.05, 0.1) is 11.6 Å². The highest BCUT2D eigenvalue weighted by Gasteiger charge is 2.49. The van der Waals surface area contributed by atoms with E-state index < -0.39 is 91.3 Å². The number of hydrogen-bond donors (Lipinski definition) is 8. The standard InChI is InChI=1S/C27H24O17/c28-11-4-14(30)12-6-17(25(41-16(12)5-11)10-1-2-13(29)15(31)3-10)42-27-24(39)26(44-22(37)8-20(34)35)23(38)18(43-27)9-40-21(36)7-19(32)33/h1-6,18,23-24,26-27,38-39H,7-9H2,(H5-,28,29,30,31,32,33,34,35)/p+1/t18-,23-,24-,26+,27-/m0/s1. The van der Waals surface area contributed by atoms with E-state index in [2.05, 4.69) is 0 Å². The summed E-state index contributed by atoms with van der Waals surface area (Å²) in [6.07, 6.45) is -11.6. The number of hydrogen-bond acceptors (Lipinski definition) is 14. The van der Waals surface area contributed by atoms with Crippen LogP contribution in [0.25, 0.3) is 22.3 Å². The van der Waals surface area contributed by atoms with Gasteiger partial charge in [-0.15, -0.1) is 0 Å². The molecule has 0 aliphatic carbocycles. The highest BCUT2D eigenvalue weighted by atomic mass is 16.7. The lowest BCUT2D eigenvalue weighted by atomic mass is 9.98. The molecular formula is C27H25O17+. The Balaban J connectivity index is 1.74. The van der Waals surface area contributed by atoms with Crippen molar-refractivity contribution in [3.8, 4) is 40.1 Å². The van der Waals surface area contributed by atoms with E-state index in [1.165, 1.54) is 12.1 Å². The molecule has 234 valence electrons. The molecule has 1 fully saturated rings. The SMILES string of the molecule is O=C(O)CC(=O)OC[C@@H]1O[C@H](Oc2cc3c(O)cc(O)cc3[o+]c2-c2ccc(O)c(O)c2)[C@@H](O)[C@H](OC(=O)CC(=O)O)[C@H]1O. The van der Waals surface area contributed by atoms with Crippen molar-refractivity contribution in [1.82, 2.24) is 0 Å². The van der Waals surface area contributed by atoms with Gasteiger partial charge in [0.15, 0.2) is 23.7 Å². The molecule has 0 unspecified atom stereocenters. The number of aliphatic hydroxyl groups is 2. The van der Waals surface area contributed by atoms with Gasteiger partial charge in [0.2, 0.25) is 12.0 Å². The molecule has 5 atom stereocenters. The van der Waals surface area contributed by atoms with Gasteiger partial charge in [-0.25, -0.2) is 4.42 Å². The number of benzene rings is 2. The Labute approximate surface area is 245 Å². The van der Waals surface area contributed by atoms with Gasteiger partial charge < -0.3 is 59.8 Å². The summed E-state index contributed by atoms with van der Waals surface area (Å²) in [5, 5.41) is 79.5. The molecule has 4 rings (SSSR count). The van der Waals surface area contributed by atoms with Crippen LogP contribution in [0.5, 0.6) is 28.7 Å². The number of fused-ring (bicyclic) bond motifs is 1. The number of phenolic OH excluding ortho intramolecular Hbond substituents is 4. The van der Waals surface area contributed by atoms with Gasteiger partial charge in [0, 0.05) is 18.2 Å². The van der Waals surface area contributed by atoms with Crippen LogP contribution < -0.4 is 4.74 Å². The van der Waals surface area contributed by atoms with Crippen LogP contribution in [-0.4, -0.2) is 102 Å². The smallest absolute Gasteiger partial charge is 0.402 e. The fourth-order valence-corrected chi connectivity index (χ4v) is 4.21. The summed E-state index contributed by atoms with van der Waals surface area (Å²) in [5.74, 6) is -8.13. The van der Waals surface area contributed by atoms with Crippen LogP contribution in [0.1, 0.15) is 12.8 Å². The Morgan fingerprint density at radius 3 is 2.16 bits per heavy atom. The number of rotatable bonds is 10. The molecule has 2 heterocycles. The van der Waals surface area contributed by atoms with Gasteiger partial charge >= 0.3 is 35.2 Å². The monoisotopic (exact) mass is 621 g/mol.